The highest BCUT2D eigenvalue weighted by Crippen LogP contribution is 2.08. The highest BCUT2D eigenvalue weighted by atomic mass is 28.3. The standard InChI is InChI=1S/C11H16NO4Si/c1-4-10(17(14-2)15-3)16-11(13)9-7-5-6-8-12-9/h5-8,10H,4H2,1-3H3. The molecule has 1 unspecified atom stereocenters. The van der Waals surface area contributed by atoms with Gasteiger partial charge in [0.05, 0.1) is 0 Å². The molecule has 0 bridgehead atoms. The van der Waals surface area contributed by atoms with E-state index in [2.05, 4.69) is 4.98 Å². The van der Waals surface area contributed by atoms with Crippen molar-refractivity contribution in [3.05, 3.63) is 30.1 Å². The molecule has 6 heteroatoms. The number of carbonyl (C=O) groups is 1. The first-order chi connectivity index (χ1) is 8.22. The minimum atomic E-state index is -1.59. The fourth-order valence-electron chi connectivity index (χ4n) is 1.32. The van der Waals surface area contributed by atoms with E-state index in [1.807, 2.05) is 6.92 Å². The van der Waals surface area contributed by atoms with Gasteiger partial charge in [-0.15, -0.1) is 0 Å². The van der Waals surface area contributed by atoms with E-state index in [4.69, 9.17) is 13.6 Å². The molecule has 0 N–H and O–H groups in total. The van der Waals surface area contributed by atoms with Crippen LogP contribution in [-0.2, 0) is 13.6 Å². The van der Waals surface area contributed by atoms with Crippen molar-refractivity contribution in [2.45, 2.75) is 19.1 Å². The predicted molar refractivity (Wildman–Crippen MR) is 63.5 cm³/mol. The number of esters is 1. The van der Waals surface area contributed by atoms with Gasteiger partial charge in [0.15, 0.2) is 0 Å². The van der Waals surface area contributed by atoms with Crippen LogP contribution in [0.3, 0.4) is 0 Å². The van der Waals surface area contributed by atoms with Crippen molar-refractivity contribution in [1.29, 1.82) is 0 Å². The van der Waals surface area contributed by atoms with Crippen molar-refractivity contribution in [3.8, 4) is 0 Å². The predicted octanol–water partition coefficient (Wildman–Crippen LogP) is 1.34. The van der Waals surface area contributed by atoms with E-state index in [0.29, 0.717) is 12.1 Å². The van der Waals surface area contributed by atoms with Gasteiger partial charge in [-0.25, -0.2) is 9.78 Å². The van der Waals surface area contributed by atoms with Crippen LogP contribution in [0.1, 0.15) is 23.8 Å². The average molecular weight is 254 g/mol. The van der Waals surface area contributed by atoms with Crippen molar-refractivity contribution in [2.75, 3.05) is 14.2 Å². The van der Waals surface area contributed by atoms with Crippen LogP contribution in [0.25, 0.3) is 0 Å². The third-order valence-corrected chi connectivity index (χ3v) is 4.02. The fraction of sp³-hybridized carbons (Fsp3) is 0.455. The van der Waals surface area contributed by atoms with Crippen molar-refractivity contribution in [1.82, 2.24) is 4.98 Å². The summed E-state index contributed by atoms with van der Waals surface area (Å²) >= 11 is 0. The van der Waals surface area contributed by atoms with E-state index in [0.717, 1.165) is 0 Å². The van der Waals surface area contributed by atoms with Crippen molar-refractivity contribution in [3.63, 3.8) is 0 Å². The highest BCUT2D eigenvalue weighted by molar-refractivity contribution is 6.46. The van der Waals surface area contributed by atoms with Crippen LogP contribution in [0.4, 0.5) is 0 Å². The van der Waals surface area contributed by atoms with E-state index in [1.54, 1.807) is 38.6 Å². The SMILES string of the molecule is CCC(OC(=O)c1ccccn1)[Si](OC)OC. The van der Waals surface area contributed by atoms with E-state index in [-0.39, 0.29) is 5.73 Å². The van der Waals surface area contributed by atoms with Crippen LogP contribution < -0.4 is 0 Å². The summed E-state index contributed by atoms with van der Waals surface area (Å²) in [6.07, 6.45) is 2.20. The molecule has 0 aliphatic heterocycles. The third kappa shape index (κ3) is 3.92. The number of rotatable bonds is 6. The molecule has 1 rings (SSSR count). The fourth-order valence-corrected chi connectivity index (χ4v) is 2.55. The van der Waals surface area contributed by atoms with Crippen LogP contribution in [0, 0.1) is 0 Å². The normalized spacial score (nSPS) is 12.5. The molecular weight excluding hydrogens is 238 g/mol. The second-order valence-corrected chi connectivity index (χ2v) is 5.34. The van der Waals surface area contributed by atoms with Gasteiger partial charge in [-0.2, -0.15) is 0 Å². The molecule has 0 spiro atoms. The molecule has 0 fully saturated rings. The average Bonchev–Trinajstić information content (AvgIpc) is 2.39. The summed E-state index contributed by atoms with van der Waals surface area (Å²) in [5, 5.41) is 0. The molecule has 0 saturated heterocycles. The summed E-state index contributed by atoms with van der Waals surface area (Å²) in [4.78, 5) is 15.7. The minimum Gasteiger partial charge on any atom is -0.456 e. The Labute approximate surface area is 103 Å². The van der Waals surface area contributed by atoms with Gasteiger partial charge in [-0.1, -0.05) is 13.0 Å². The minimum absolute atomic E-state index is 0.291. The lowest BCUT2D eigenvalue weighted by Crippen LogP contribution is -2.38. The maximum atomic E-state index is 11.8. The van der Waals surface area contributed by atoms with Gasteiger partial charge in [-0.05, 0) is 18.6 Å². The molecule has 1 atom stereocenters. The lowest BCUT2D eigenvalue weighted by Gasteiger charge is -2.19. The smallest absolute Gasteiger partial charge is 0.429 e. The van der Waals surface area contributed by atoms with Crippen LogP contribution in [0.15, 0.2) is 24.4 Å². The summed E-state index contributed by atoms with van der Waals surface area (Å²) in [5.74, 6) is -0.450. The zero-order valence-corrected chi connectivity index (χ0v) is 11.2. The summed E-state index contributed by atoms with van der Waals surface area (Å²) in [5.41, 5.74) is -0.0518. The molecule has 93 valence electrons. The summed E-state index contributed by atoms with van der Waals surface area (Å²) in [6.45, 7) is 1.92. The van der Waals surface area contributed by atoms with Crippen LogP contribution in [0.2, 0.25) is 0 Å². The zero-order chi connectivity index (χ0) is 12.7. The lowest BCUT2D eigenvalue weighted by atomic mass is 10.3. The number of ether oxygens (including phenoxy) is 1. The number of carbonyl (C=O) groups excluding carboxylic acids is 1. The number of pyridine rings is 1. The molecule has 0 aliphatic carbocycles. The zero-order valence-electron chi connectivity index (χ0n) is 10.2. The highest BCUT2D eigenvalue weighted by Gasteiger charge is 2.29. The van der Waals surface area contributed by atoms with Gasteiger partial charge in [0, 0.05) is 20.4 Å². The first-order valence-electron chi connectivity index (χ1n) is 5.29. The number of hydrogen-bond acceptors (Lipinski definition) is 5. The van der Waals surface area contributed by atoms with Crippen molar-refractivity contribution < 1.29 is 18.4 Å². The molecule has 1 aromatic rings. The Morgan fingerprint density at radius 2 is 2.12 bits per heavy atom. The number of aromatic nitrogens is 1. The molecule has 0 aliphatic rings. The number of nitrogens with zero attached hydrogens (tertiary/aromatic N) is 1. The Balaban J connectivity index is 2.66. The number of hydrogen-bond donors (Lipinski definition) is 0. The summed E-state index contributed by atoms with van der Waals surface area (Å²) < 4.78 is 15.7. The molecular formula is C11H16NO4Si. The molecule has 1 heterocycles. The molecule has 1 radical (unpaired) electrons. The molecule has 1 aromatic heterocycles. The molecule has 0 amide bonds. The Kier molecular flexibility index (Phi) is 5.82. The van der Waals surface area contributed by atoms with Gasteiger partial charge < -0.3 is 13.6 Å². The third-order valence-electron chi connectivity index (χ3n) is 2.16. The van der Waals surface area contributed by atoms with E-state index < -0.39 is 15.3 Å². The molecule has 5 nitrogen and oxygen atoms in total. The van der Waals surface area contributed by atoms with Crippen LogP contribution in [0.5, 0.6) is 0 Å². The van der Waals surface area contributed by atoms with Gasteiger partial charge in [-0.3, -0.25) is 0 Å². The Bertz CT molecular complexity index is 343. The van der Waals surface area contributed by atoms with Gasteiger partial charge in [0.25, 0.3) is 0 Å². The Hall–Kier alpha value is -1.24. The Morgan fingerprint density at radius 1 is 1.41 bits per heavy atom. The second-order valence-electron chi connectivity index (χ2n) is 3.24. The van der Waals surface area contributed by atoms with Crippen LogP contribution >= 0.6 is 0 Å². The molecule has 17 heavy (non-hydrogen) atoms. The topological polar surface area (TPSA) is 57.7 Å². The van der Waals surface area contributed by atoms with Gasteiger partial charge in [0.2, 0.25) is 0 Å². The van der Waals surface area contributed by atoms with Crippen molar-refractivity contribution >= 4 is 15.3 Å². The quantitative estimate of drug-likeness (QED) is 0.566. The first kappa shape index (κ1) is 13.8. The molecule has 0 saturated carbocycles. The van der Waals surface area contributed by atoms with Gasteiger partial charge in [0.1, 0.15) is 11.4 Å². The second kappa shape index (κ2) is 7.15. The largest absolute Gasteiger partial charge is 0.456 e. The van der Waals surface area contributed by atoms with Gasteiger partial charge >= 0.3 is 15.3 Å². The van der Waals surface area contributed by atoms with E-state index in [9.17, 15) is 4.79 Å². The maximum absolute atomic E-state index is 11.8. The molecule has 0 aromatic carbocycles. The van der Waals surface area contributed by atoms with Crippen molar-refractivity contribution in [2.24, 2.45) is 0 Å². The Morgan fingerprint density at radius 3 is 2.59 bits per heavy atom. The summed E-state index contributed by atoms with van der Waals surface area (Å²) in [7, 11) is 1.52. The van der Waals surface area contributed by atoms with E-state index >= 15 is 0 Å². The maximum Gasteiger partial charge on any atom is 0.429 e. The van der Waals surface area contributed by atoms with Crippen LogP contribution in [-0.4, -0.2) is 40.2 Å². The lowest BCUT2D eigenvalue weighted by molar-refractivity contribution is 0.0350. The first-order valence-corrected chi connectivity index (χ1v) is 6.69. The monoisotopic (exact) mass is 254 g/mol. The van der Waals surface area contributed by atoms with E-state index in [1.165, 1.54) is 0 Å². The summed E-state index contributed by atoms with van der Waals surface area (Å²) in [6, 6.07) is 5.09.